The summed E-state index contributed by atoms with van der Waals surface area (Å²) in [5.74, 6) is 0. The van der Waals surface area contributed by atoms with Gasteiger partial charge in [0.25, 0.3) is 0 Å². The molecule has 3 rings (SSSR count). The lowest BCUT2D eigenvalue weighted by Gasteiger charge is -2.38. The third-order valence-electron chi connectivity index (χ3n) is 3.19. The average molecular weight is 271 g/mol. The number of anilines is 1. The van der Waals surface area contributed by atoms with Crippen LogP contribution in [0.2, 0.25) is 0 Å². The molecule has 3 nitrogen and oxygen atoms in total. The minimum atomic E-state index is -1.10. The van der Waals surface area contributed by atoms with E-state index in [0.29, 0.717) is 0 Å². The summed E-state index contributed by atoms with van der Waals surface area (Å²) in [5, 5.41) is 10.9. The zero-order valence-electron chi connectivity index (χ0n) is 10.2. The van der Waals surface area contributed by atoms with E-state index >= 15 is 0 Å². The van der Waals surface area contributed by atoms with Crippen LogP contribution in [0.15, 0.2) is 59.5 Å². The SMILES string of the molecule is O=CN1C[C@@](O)(c2ccccc2)Sc2ccccc21. The highest BCUT2D eigenvalue weighted by molar-refractivity contribution is 8.00. The van der Waals surface area contributed by atoms with Crippen molar-refractivity contribution in [1.29, 1.82) is 0 Å². The zero-order chi connectivity index (χ0) is 13.3. The largest absolute Gasteiger partial charge is 0.373 e. The molecule has 0 spiro atoms. The molecule has 1 amide bonds. The number of amides is 1. The number of fused-ring (bicyclic) bond motifs is 1. The van der Waals surface area contributed by atoms with Gasteiger partial charge in [0.05, 0.1) is 12.2 Å². The van der Waals surface area contributed by atoms with Gasteiger partial charge in [0.2, 0.25) is 6.41 Å². The smallest absolute Gasteiger partial charge is 0.214 e. The summed E-state index contributed by atoms with van der Waals surface area (Å²) in [7, 11) is 0. The minimum Gasteiger partial charge on any atom is -0.373 e. The predicted octanol–water partition coefficient (Wildman–Crippen LogP) is 2.60. The Labute approximate surface area is 115 Å². The molecule has 0 saturated heterocycles. The van der Waals surface area contributed by atoms with Crippen molar-refractivity contribution in [2.24, 2.45) is 0 Å². The Hall–Kier alpha value is -1.78. The molecule has 0 unspecified atom stereocenters. The molecule has 1 aliphatic heterocycles. The molecule has 0 aromatic heterocycles. The number of thioether (sulfide) groups is 1. The van der Waals surface area contributed by atoms with Crippen LogP contribution < -0.4 is 4.90 Å². The highest BCUT2D eigenvalue weighted by atomic mass is 32.2. The van der Waals surface area contributed by atoms with Gasteiger partial charge in [-0.1, -0.05) is 54.2 Å². The van der Waals surface area contributed by atoms with Crippen molar-refractivity contribution in [3.63, 3.8) is 0 Å². The maximum atomic E-state index is 11.2. The fourth-order valence-corrected chi connectivity index (χ4v) is 3.51. The van der Waals surface area contributed by atoms with Crippen molar-refractivity contribution < 1.29 is 9.90 Å². The van der Waals surface area contributed by atoms with Gasteiger partial charge in [0.15, 0.2) is 4.93 Å². The fraction of sp³-hybridized carbons (Fsp3) is 0.133. The number of aliphatic hydroxyl groups is 1. The molecule has 19 heavy (non-hydrogen) atoms. The van der Waals surface area contributed by atoms with E-state index in [-0.39, 0.29) is 6.54 Å². The third kappa shape index (κ3) is 2.13. The Morgan fingerprint density at radius 1 is 1.11 bits per heavy atom. The Morgan fingerprint density at radius 2 is 1.79 bits per heavy atom. The summed E-state index contributed by atoms with van der Waals surface area (Å²) >= 11 is 1.39. The number of carbonyl (C=O) groups excluding carboxylic acids is 1. The first kappa shape index (κ1) is 12.3. The molecule has 1 heterocycles. The van der Waals surface area contributed by atoms with Gasteiger partial charge in [-0.2, -0.15) is 0 Å². The van der Waals surface area contributed by atoms with E-state index < -0.39 is 4.93 Å². The van der Waals surface area contributed by atoms with Crippen molar-refractivity contribution in [3.05, 3.63) is 60.2 Å². The molecule has 1 atom stereocenters. The quantitative estimate of drug-likeness (QED) is 0.854. The van der Waals surface area contributed by atoms with Gasteiger partial charge in [-0.3, -0.25) is 4.79 Å². The standard InChI is InChI=1S/C15H13NO2S/c17-11-16-10-15(18,12-6-2-1-3-7-12)19-14-9-5-4-8-13(14)16/h1-9,11,18H,10H2/t15-/m0/s1. The first-order valence-corrected chi connectivity index (χ1v) is 6.82. The summed E-state index contributed by atoms with van der Waals surface area (Å²) in [6.45, 7) is 0.252. The van der Waals surface area contributed by atoms with Crippen LogP contribution in [0.25, 0.3) is 0 Å². The second-order valence-electron chi connectivity index (χ2n) is 4.45. The molecule has 1 N–H and O–H groups in total. The number of benzene rings is 2. The summed E-state index contributed by atoms with van der Waals surface area (Å²) < 4.78 is 0. The number of hydrogen-bond acceptors (Lipinski definition) is 3. The van der Waals surface area contributed by atoms with Gasteiger partial charge in [-0.25, -0.2) is 0 Å². The molecular weight excluding hydrogens is 258 g/mol. The van der Waals surface area contributed by atoms with Crippen LogP contribution in [0.3, 0.4) is 0 Å². The Kier molecular flexibility index (Phi) is 3.05. The number of rotatable bonds is 2. The molecule has 0 aliphatic carbocycles. The molecule has 2 aromatic carbocycles. The molecule has 1 aliphatic rings. The molecule has 96 valence electrons. The van der Waals surface area contributed by atoms with Crippen LogP contribution >= 0.6 is 11.8 Å². The summed E-state index contributed by atoms with van der Waals surface area (Å²) in [6.07, 6.45) is 0.770. The van der Waals surface area contributed by atoms with Gasteiger partial charge in [0, 0.05) is 4.90 Å². The molecule has 0 fully saturated rings. The normalized spacial score (nSPS) is 21.8. The molecule has 0 bridgehead atoms. The molecule has 0 radical (unpaired) electrons. The second kappa shape index (κ2) is 4.72. The summed E-state index contributed by atoms with van der Waals surface area (Å²) in [4.78, 5) is 12.6. The number of para-hydroxylation sites is 1. The van der Waals surface area contributed by atoms with E-state index in [2.05, 4.69) is 0 Å². The van der Waals surface area contributed by atoms with E-state index in [1.54, 1.807) is 4.90 Å². The lowest BCUT2D eigenvalue weighted by molar-refractivity contribution is -0.108. The lowest BCUT2D eigenvalue weighted by atomic mass is 10.1. The Morgan fingerprint density at radius 3 is 2.53 bits per heavy atom. The van der Waals surface area contributed by atoms with Crippen LogP contribution in [0.5, 0.6) is 0 Å². The van der Waals surface area contributed by atoms with Crippen LogP contribution in [0.4, 0.5) is 5.69 Å². The van der Waals surface area contributed by atoms with Crippen LogP contribution in [0.1, 0.15) is 5.56 Å². The summed E-state index contributed by atoms with van der Waals surface area (Å²) in [6, 6.07) is 17.1. The maximum absolute atomic E-state index is 11.2. The van der Waals surface area contributed by atoms with Crippen molar-refractivity contribution >= 4 is 23.9 Å². The topological polar surface area (TPSA) is 40.5 Å². The number of carbonyl (C=O) groups is 1. The van der Waals surface area contributed by atoms with E-state index in [4.69, 9.17) is 0 Å². The van der Waals surface area contributed by atoms with E-state index in [1.165, 1.54) is 11.8 Å². The van der Waals surface area contributed by atoms with Gasteiger partial charge >= 0.3 is 0 Å². The average Bonchev–Trinajstić information content (AvgIpc) is 2.47. The van der Waals surface area contributed by atoms with Crippen molar-refractivity contribution in [1.82, 2.24) is 0 Å². The molecule has 2 aromatic rings. The second-order valence-corrected chi connectivity index (χ2v) is 5.77. The van der Waals surface area contributed by atoms with Crippen molar-refractivity contribution in [2.75, 3.05) is 11.4 Å². The van der Waals surface area contributed by atoms with Crippen LogP contribution in [-0.2, 0) is 9.73 Å². The van der Waals surface area contributed by atoms with Crippen molar-refractivity contribution in [3.8, 4) is 0 Å². The van der Waals surface area contributed by atoms with E-state index in [1.807, 2.05) is 54.6 Å². The van der Waals surface area contributed by atoms with Gasteiger partial charge in [-0.15, -0.1) is 0 Å². The summed E-state index contributed by atoms with van der Waals surface area (Å²) in [5.41, 5.74) is 1.66. The minimum absolute atomic E-state index is 0.252. The van der Waals surface area contributed by atoms with Crippen LogP contribution in [0, 0.1) is 0 Å². The van der Waals surface area contributed by atoms with Crippen molar-refractivity contribution in [2.45, 2.75) is 9.83 Å². The highest BCUT2D eigenvalue weighted by Crippen LogP contribution is 2.47. The van der Waals surface area contributed by atoms with Gasteiger partial charge < -0.3 is 10.0 Å². The molecule has 0 saturated carbocycles. The lowest BCUT2D eigenvalue weighted by Crippen LogP contribution is -2.41. The Balaban J connectivity index is 2.06. The van der Waals surface area contributed by atoms with Gasteiger partial charge in [-0.05, 0) is 17.7 Å². The van der Waals surface area contributed by atoms with E-state index in [0.717, 1.165) is 22.6 Å². The maximum Gasteiger partial charge on any atom is 0.214 e. The number of nitrogens with zero attached hydrogens (tertiary/aromatic N) is 1. The van der Waals surface area contributed by atoms with Crippen LogP contribution in [-0.4, -0.2) is 18.1 Å². The number of β-amino-alcohol motifs (C(OH)–C–C–N with tert-alkyl or cyclic N) is 1. The fourth-order valence-electron chi connectivity index (χ4n) is 2.25. The number of hydrogen-bond donors (Lipinski definition) is 1. The van der Waals surface area contributed by atoms with E-state index in [9.17, 15) is 9.90 Å². The monoisotopic (exact) mass is 271 g/mol. The first-order valence-electron chi connectivity index (χ1n) is 6.01. The molecule has 4 heteroatoms. The highest BCUT2D eigenvalue weighted by Gasteiger charge is 2.38. The predicted molar refractivity (Wildman–Crippen MR) is 76.0 cm³/mol. The third-order valence-corrected chi connectivity index (χ3v) is 4.46. The first-order chi connectivity index (χ1) is 9.23. The zero-order valence-corrected chi connectivity index (χ0v) is 11.0. The Bertz CT molecular complexity index is 602. The molecular formula is C15H13NO2S. The van der Waals surface area contributed by atoms with Gasteiger partial charge in [0.1, 0.15) is 0 Å².